The second-order valence-corrected chi connectivity index (χ2v) is 7.51. The number of hydrogen-bond acceptors (Lipinski definition) is 7. The van der Waals surface area contributed by atoms with Gasteiger partial charge in [-0.3, -0.25) is 14.9 Å². The summed E-state index contributed by atoms with van der Waals surface area (Å²) in [5.74, 6) is -1.57. The van der Waals surface area contributed by atoms with Gasteiger partial charge in [0.05, 0.1) is 16.9 Å². The molecule has 1 heterocycles. The van der Waals surface area contributed by atoms with E-state index < -0.39 is 11.9 Å². The van der Waals surface area contributed by atoms with E-state index in [2.05, 4.69) is 20.8 Å². The number of amides is 2. The lowest BCUT2D eigenvalue weighted by Gasteiger charge is -2.04. The molecule has 1 saturated carbocycles. The molecule has 1 aliphatic rings. The van der Waals surface area contributed by atoms with E-state index in [4.69, 9.17) is 5.11 Å². The van der Waals surface area contributed by atoms with Crippen molar-refractivity contribution in [1.29, 1.82) is 0 Å². The highest BCUT2D eigenvalue weighted by Gasteiger charge is 2.23. The van der Waals surface area contributed by atoms with E-state index in [9.17, 15) is 14.4 Å². The van der Waals surface area contributed by atoms with Crippen molar-refractivity contribution >= 4 is 46.0 Å². The van der Waals surface area contributed by atoms with Gasteiger partial charge in [-0.15, -0.1) is 10.2 Å². The molecule has 8 nitrogen and oxygen atoms in total. The Hall–Kier alpha value is -2.46. The maximum Gasteiger partial charge on any atom is 0.336 e. The van der Waals surface area contributed by atoms with Gasteiger partial charge in [-0.25, -0.2) is 4.79 Å². The Bertz CT molecular complexity index is 819. The van der Waals surface area contributed by atoms with Crippen LogP contribution < -0.4 is 10.6 Å². The van der Waals surface area contributed by atoms with Crippen LogP contribution in [0.1, 0.15) is 33.6 Å². The zero-order valence-corrected chi connectivity index (χ0v) is 14.5. The van der Waals surface area contributed by atoms with Crippen molar-refractivity contribution in [2.45, 2.75) is 23.2 Å². The fourth-order valence-corrected chi connectivity index (χ4v) is 3.53. The summed E-state index contributed by atoms with van der Waals surface area (Å²) >= 11 is 2.37. The molecule has 0 spiro atoms. The van der Waals surface area contributed by atoms with Crippen LogP contribution in [-0.2, 0) is 4.79 Å². The number of aromatic nitrogens is 2. The van der Waals surface area contributed by atoms with Gasteiger partial charge < -0.3 is 10.4 Å². The number of rotatable bonds is 7. The Labute approximate surface area is 151 Å². The lowest BCUT2D eigenvalue weighted by atomic mass is 10.1. The molecule has 2 aromatic rings. The minimum Gasteiger partial charge on any atom is -0.478 e. The number of carboxylic acid groups (broad SMARTS) is 1. The van der Waals surface area contributed by atoms with E-state index in [1.807, 2.05) is 0 Å². The van der Waals surface area contributed by atoms with Gasteiger partial charge in [-0.2, -0.15) is 0 Å². The van der Waals surface area contributed by atoms with Crippen molar-refractivity contribution in [3.05, 3.63) is 35.4 Å². The van der Waals surface area contributed by atoms with E-state index in [1.165, 1.54) is 23.9 Å². The first-order valence-corrected chi connectivity index (χ1v) is 9.22. The monoisotopic (exact) mass is 378 g/mol. The Kier molecular flexibility index (Phi) is 5.29. The molecule has 0 aliphatic heterocycles. The van der Waals surface area contributed by atoms with Crippen LogP contribution in [0.2, 0.25) is 0 Å². The molecular weight excluding hydrogens is 364 g/mol. The van der Waals surface area contributed by atoms with E-state index in [1.54, 1.807) is 12.1 Å². The number of thioether (sulfide) groups is 1. The predicted molar refractivity (Wildman–Crippen MR) is 93.2 cm³/mol. The van der Waals surface area contributed by atoms with Crippen molar-refractivity contribution < 1.29 is 19.5 Å². The first-order valence-electron chi connectivity index (χ1n) is 7.42. The summed E-state index contributed by atoms with van der Waals surface area (Å²) in [5, 5.41) is 22.5. The predicted octanol–water partition coefficient (Wildman–Crippen LogP) is 1.86. The van der Waals surface area contributed by atoms with Gasteiger partial charge in [0.25, 0.3) is 5.91 Å². The van der Waals surface area contributed by atoms with Gasteiger partial charge in [-0.05, 0) is 25.0 Å². The molecule has 25 heavy (non-hydrogen) atoms. The smallest absolute Gasteiger partial charge is 0.336 e. The highest BCUT2D eigenvalue weighted by Crippen LogP contribution is 2.26. The molecule has 0 unspecified atom stereocenters. The number of carbonyl (C=O) groups excluding carboxylic acids is 2. The van der Waals surface area contributed by atoms with Crippen LogP contribution in [0.4, 0.5) is 5.13 Å². The quantitative estimate of drug-likeness (QED) is 0.496. The SMILES string of the molecule is O=C(CSc1nnc(NC(=O)c2ccccc2C(=O)O)s1)NC1CC1. The molecule has 0 atom stereocenters. The molecule has 10 heteroatoms. The number of carboxylic acids is 1. The highest BCUT2D eigenvalue weighted by atomic mass is 32.2. The van der Waals surface area contributed by atoms with Crippen LogP contribution in [0.3, 0.4) is 0 Å². The molecule has 130 valence electrons. The minimum atomic E-state index is -1.18. The summed E-state index contributed by atoms with van der Waals surface area (Å²) in [4.78, 5) is 35.0. The molecule has 1 fully saturated rings. The van der Waals surface area contributed by atoms with Crippen LogP contribution in [0.5, 0.6) is 0 Å². The van der Waals surface area contributed by atoms with Crippen LogP contribution in [0, 0.1) is 0 Å². The third-order valence-electron chi connectivity index (χ3n) is 3.30. The Balaban J connectivity index is 1.58. The van der Waals surface area contributed by atoms with Crippen molar-refractivity contribution in [2.75, 3.05) is 11.1 Å². The van der Waals surface area contributed by atoms with Gasteiger partial charge in [0.2, 0.25) is 11.0 Å². The van der Waals surface area contributed by atoms with E-state index in [-0.39, 0.29) is 27.9 Å². The lowest BCUT2D eigenvalue weighted by Crippen LogP contribution is -2.26. The summed E-state index contributed by atoms with van der Waals surface area (Å²) in [6.45, 7) is 0. The van der Waals surface area contributed by atoms with Gasteiger partial charge in [0.1, 0.15) is 0 Å². The van der Waals surface area contributed by atoms with Crippen LogP contribution in [0.15, 0.2) is 28.6 Å². The number of aromatic carboxylic acids is 1. The number of benzene rings is 1. The molecule has 2 amide bonds. The number of nitrogens with one attached hydrogen (secondary N) is 2. The zero-order valence-electron chi connectivity index (χ0n) is 12.9. The summed E-state index contributed by atoms with van der Waals surface area (Å²) < 4.78 is 0.549. The standard InChI is InChI=1S/C15H14N4O4S2/c20-11(16-8-5-6-8)7-24-15-19-18-14(25-15)17-12(21)9-3-1-2-4-10(9)13(22)23/h1-4,8H,5-7H2,(H,16,20)(H,22,23)(H,17,18,21). The molecular formula is C15H14N4O4S2. The summed E-state index contributed by atoms with van der Waals surface area (Å²) in [6.07, 6.45) is 2.06. The van der Waals surface area contributed by atoms with Gasteiger partial charge in [0, 0.05) is 6.04 Å². The van der Waals surface area contributed by atoms with Crippen LogP contribution >= 0.6 is 23.1 Å². The van der Waals surface area contributed by atoms with Crippen LogP contribution in [-0.4, -0.2) is 44.9 Å². The molecule has 3 N–H and O–H groups in total. The molecule has 0 bridgehead atoms. The largest absolute Gasteiger partial charge is 0.478 e. The average molecular weight is 378 g/mol. The lowest BCUT2D eigenvalue weighted by molar-refractivity contribution is -0.118. The molecule has 3 rings (SSSR count). The number of nitrogens with zero attached hydrogens (tertiary/aromatic N) is 2. The van der Waals surface area contributed by atoms with Crippen molar-refractivity contribution in [2.24, 2.45) is 0 Å². The Morgan fingerprint density at radius 3 is 2.60 bits per heavy atom. The fraction of sp³-hybridized carbons (Fsp3) is 0.267. The van der Waals surface area contributed by atoms with E-state index in [0.717, 1.165) is 24.2 Å². The van der Waals surface area contributed by atoms with Crippen LogP contribution in [0.25, 0.3) is 0 Å². The number of carbonyl (C=O) groups is 3. The van der Waals surface area contributed by atoms with E-state index >= 15 is 0 Å². The Morgan fingerprint density at radius 2 is 1.92 bits per heavy atom. The maximum atomic E-state index is 12.2. The molecule has 1 aromatic heterocycles. The van der Waals surface area contributed by atoms with Gasteiger partial charge in [0.15, 0.2) is 4.34 Å². The molecule has 0 saturated heterocycles. The van der Waals surface area contributed by atoms with Crippen molar-refractivity contribution in [1.82, 2.24) is 15.5 Å². The van der Waals surface area contributed by atoms with Gasteiger partial charge in [-0.1, -0.05) is 35.2 Å². The molecule has 1 aromatic carbocycles. The average Bonchev–Trinajstić information content (AvgIpc) is 3.29. The van der Waals surface area contributed by atoms with Crippen molar-refractivity contribution in [3.8, 4) is 0 Å². The van der Waals surface area contributed by atoms with Crippen molar-refractivity contribution in [3.63, 3.8) is 0 Å². The third kappa shape index (κ3) is 4.77. The number of hydrogen-bond donors (Lipinski definition) is 3. The molecule has 1 aliphatic carbocycles. The Morgan fingerprint density at radius 1 is 1.20 bits per heavy atom. The van der Waals surface area contributed by atoms with E-state index in [0.29, 0.717) is 10.4 Å². The summed E-state index contributed by atoms with van der Waals surface area (Å²) in [7, 11) is 0. The maximum absolute atomic E-state index is 12.2. The number of anilines is 1. The molecule has 0 radical (unpaired) electrons. The first kappa shape index (κ1) is 17.4. The topological polar surface area (TPSA) is 121 Å². The second-order valence-electron chi connectivity index (χ2n) is 5.31. The summed E-state index contributed by atoms with van der Waals surface area (Å²) in [6, 6.07) is 6.23. The van der Waals surface area contributed by atoms with Gasteiger partial charge >= 0.3 is 5.97 Å². The normalized spacial score (nSPS) is 13.3. The summed E-state index contributed by atoms with van der Waals surface area (Å²) in [5.41, 5.74) is -0.0425. The minimum absolute atomic E-state index is 0.0446. The first-order chi connectivity index (χ1) is 12.0. The third-order valence-corrected chi connectivity index (χ3v) is 5.27. The fourth-order valence-electron chi connectivity index (χ4n) is 1.97. The zero-order chi connectivity index (χ0) is 17.8. The highest BCUT2D eigenvalue weighted by molar-refractivity contribution is 8.01. The second kappa shape index (κ2) is 7.62.